The number of benzene rings is 1. The third-order valence-electron chi connectivity index (χ3n) is 5.91. The average molecular weight is 374 g/mol. The second-order valence-electron chi connectivity index (χ2n) is 7.97. The van der Waals surface area contributed by atoms with Crippen molar-refractivity contribution in [3.63, 3.8) is 0 Å². The number of aryl methyl sites for hydroxylation is 1. The molecule has 2 aromatic rings. The molecule has 6 heteroatoms. The molecular formula is C21H24F2N2O2. The van der Waals surface area contributed by atoms with Gasteiger partial charge in [0.15, 0.2) is 17.4 Å². The summed E-state index contributed by atoms with van der Waals surface area (Å²) in [4.78, 5) is 16.9. The third-order valence-corrected chi connectivity index (χ3v) is 5.91. The van der Waals surface area contributed by atoms with Crippen LogP contribution in [0, 0.1) is 24.0 Å². The summed E-state index contributed by atoms with van der Waals surface area (Å²) in [6.45, 7) is 5.74. The van der Waals surface area contributed by atoms with E-state index in [1.807, 2.05) is 17.9 Å². The lowest BCUT2D eigenvalue weighted by Crippen LogP contribution is -2.45. The maximum atomic E-state index is 13.5. The topological polar surface area (TPSA) is 36.7 Å². The van der Waals surface area contributed by atoms with E-state index in [0.29, 0.717) is 12.3 Å². The lowest BCUT2D eigenvalue weighted by Gasteiger charge is -2.40. The highest BCUT2D eigenvalue weighted by Gasteiger charge is 2.43. The van der Waals surface area contributed by atoms with E-state index in [9.17, 15) is 13.6 Å². The molecule has 1 aromatic carbocycles. The third kappa shape index (κ3) is 3.63. The molecule has 1 unspecified atom stereocenters. The van der Waals surface area contributed by atoms with Gasteiger partial charge in [-0.15, -0.1) is 0 Å². The van der Waals surface area contributed by atoms with Crippen molar-refractivity contribution in [2.24, 2.45) is 5.41 Å². The normalized spacial score (nSPS) is 23.3. The monoisotopic (exact) mass is 374 g/mol. The van der Waals surface area contributed by atoms with E-state index in [0.717, 1.165) is 56.6 Å². The van der Waals surface area contributed by atoms with Crippen LogP contribution in [0.3, 0.4) is 0 Å². The number of piperidine rings is 1. The van der Waals surface area contributed by atoms with Crippen LogP contribution in [0.15, 0.2) is 34.9 Å². The second kappa shape index (κ2) is 7.08. The Morgan fingerprint density at radius 1 is 1.15 bits per heavy atom. The van der Waals surface area contributed by atoms with Crippen molar-refractivity contribution in [3.05, 3.63) is 59.1 Å². The SMILES string of the molecule is Cc1ccoc1C(=O)N1CCC2(CCCN(Cc3ccc(F)c(F)c3)C2)C1. The van der Waals surface area contributed by atoms with Crippen molar-refractivity contribution in [2.45, 2.75) is 32.7 Å². The number of amides is 1. The Morgan fingerprint density at radius 2 is 2.00 bits per heavy atom. The van der Waals surface area contributed by atoms with Gasteiger partial charge in [0.05, 0.1) is 6.26 Å². The largest absolute Gasteiger partial charge is 0.459 e. The molecule has 144 valence electrons. The zero-order chi connectivity index (χ0) is 19.0. The molecule has 0 saturated carbocycles. The van der Waals surface area contributed by atoms with E-state index in [1.165, 1.54) is 12.1 Å². The van der Waals surface area contributed by atoms with Crippen molar-refractivity contribution in [3.8, 4) is 0 Å². The number of hydrogen-bond donors (Lipinski definition) is 0. The molecule has 3 heterocycles. The highest BCUT2D eigenvalue weighted by molar-refractivity contribution is 5.93. The van der Waals surface area contributed by atoms with Gasteiger partial charge in [-0.05, 0) is 56.5 Å². The first-order valence-electron chi connectivity index (χ1n) is 9.45. The van der Waals surface area contributed by atoms with Crippen molar-refractivity contribution in [1.29, 1.82) is 0 Å². The smallest absolute Gasteiger partial charge is 0.289 e. The summed E-state index contributed by atoms with van der Waals surface area (Å²) >= 11 is 0. The predicted molar refractivity (Wildman–Crippen MR) is 97.3 cm³/mol. The minimum Gasteiger partial charge on any atom is -0.459 e. The van der Waals surface area contributed by atoms with E-state index in [-0.39, 0.29) is 11.3 Å². The van der Waals surface area contributed by atoms with Crippen molar-refractivity contribution < 1.29 is 18.0 Å². The Balaban J connectivity index is 1.42. The van der Waals surface area contributed by atoms with Gasteiger partial charge in [-0.2, -0.15) is 0 Å². The molecule has 27 heavy (non-hydrogen) atoms. The highest BCUT2D eigenvalue weighted by atomic mass is 19.2. The Labute approximate surface area is 157 Å². The summed E-state index contributed by atoms with van der Waals surface area (Å²) in [5.41, 5.74) is 1.72. The van der Waals surface area contributed by atoms with Crippen LogP contribution >= 0.6 is 0 Å². The standard InChI is InChI=1S/C21H24F2N2O2/c1-15-5-10-27-19(15)20(26)25-9-7-21(14-25)6-2-8-24(13-21)12-16-3-4-17(22)18(23)11-16/h3-5,10-11H,2,6-9,12-14H2,1H3. The van der Waals surface area contributed by atoms with Crippen LogP contribution in [0.2, 0.25) is 0 Å². The number of carbonyl (C=O) groups is 1. The molecular weight excluding hydrogens is 350 g/mol. The first-order valence-corrected chi connectivity index (χ1v) is 9.45. The van der Waals surface area contributed by atoms with E-state index < -0.39 is 11.6 Å². The van der Waals surface area contributed by atoms with Crippen LogP contribution in [0.25, 0.3) is 0 Å². The Morgan fingerprint density at radius 3 is 2.74 bits per heavy atom. The summed E-state index contributed by atoms with van der Waals surface area (Å²) in [6.07, 6.45) is 4.65. The molecule has 2 aliphatic rings. The van der Waals surface area contributed by atoms with Crippen LogP contribution in [-0.2, 0) is 6.54 Å². The first kappa shape index (κ1) is 18.2. The van der Waals surface area contributed by atoms with Gasteiger partial charge in [0.1, 0.15) is 0 Å². The number of halogens is 2. The summed E-state index contributed by atoms with van der Waals surface area (Å²) < 4.78 is 32.0. The quantitative estimate of drug-likeness (QED) is 0.815. The number of rotatable bonds is 3. The molecule has 4 nitrogen and oxygen atoms in total. The number of carbonyl (C=O) groups excluding carboxylic acids is 1. The Hall–Kier alpha value is -2.21. The van der Waals surface area contributed by atoms with Gasteiger partial charge in [-0.1, -0.05) is 6.07 Å². The minimum atomic E-state index is -0.813. The van der Waals surface area contributed by atoms with Crippen LogP contribution in [0.1, 0.15) is 40.9 Å². The van der Waals surface area contributed by atoms with Crippen molar-refractivity contribution >= 4 is 5.91 Å². The number of furan rings is 1. The molecule has 2 fully saturated rings. The van der Waals surface area contributed by atoms with Gasteiger partial charge in [-0.3, -0.25) is 9.69 Å². The molecule has 0 bridgehead atoms. The fourth-order valence-corrected chi connectivity index (χ4v) is 4.52. The lowest BCUT2D eigenvalue weighted by molar-refractivity contribution is 0.0650. The molecule has 2 aliphatic heterocycles. The fourth-order valence-electron chi connectivity index (χ4n) is 4.52. The molecule has 0 aliphatic carbocycles. The molecule has 1 atom stereocenters. The summed E-state index contributed by atoms with van der Waals surface area (Å²) in [5.74, 6) is -1.22. The van der Waals surface area contributed by atoms with E-state index in [2.05, 4.69) is 4.90 Å². The van der Waals surface area contributed by atoms with E-state index in [1.54, 1.807) is 12.3 Å². The zero-order valence-electron chi connectivity index (χ0n) is 15.5. The summed E-state index contributed by atoms with van der Waals surface area (Å²) in [7, 11) is 0. The molecule has 2 saturated heterocycles. The summed E-state index contributed by atoms with van der Waals surface area (Å²) in [5, 5.41) is 0. The maximum absolute atomic E-state index is 13.5. The molecule has 4 rings (SSSR count). The van der Waals surface area contributed by atoms with Crippen molar-refractivity contribution in [1.82, 2.24) is 9.80 Å². The Kier molecular flexibility index (Phi) is 4.76. The van der Waals surface area contributed by atoms with Gasteiger partial charge in [0, 0.05) is 37.2 Å². The Bertz CT molecular complexity index is 850. The summed E-state index contributed by atoms with van der Waals surface area (Å²) in [6, 6.07) is 5.92. The molecule has 1 aromatic heterocycles. The fraction of sp³-hybridized carbons (Fsp3) is 0.476. The first-order chi connectivity index (χ1) is 13.0. The van der Waals surface area contributed by atoms with Crippen LogP contribution in [0.4, 0.5) is 8.78 Å². The predicted octanol–water partition coefficient (Wildman–Crippen LogP) is 3.99. The van der Waals surface area contributed by atoms with E-state index in [4.69, 9.17) is 4.42 Å². The molecule has 1 amide bonds. The van der Waals surface area contributed by atoms with Gasteiger partial charge < -0.3 is 9.32 Å². The lowest BCUT2D eigenvalue weighted by atomic mass is 9.79. The molecule has 1 spiro atoms. The van der Waals surface area contributed by atoms with Gasteiger partial charge in [0.2, 0.25) is 0 Å². The number of nitrogens with zero attached hydrogens (tertiary/aromatic N) is 2. The molecule has 0 N–H and O–H groups in total. The van der Waals surface area contributed by atoms with Gasteiger partial charge in [-0.25, -0.2) is 8.78 Å². The maximum Gasteiger partial charge on any atom is 0.289 e. The highest BCUT2D eigenvalue weighted by Crippen LogP contribution is 2.40. The van der Waals surface area contributed by atoms with E-state index >= 15 is 0 Å². The van der Waals surface area contributed by atoms with Gasteiger partial charge in [0.25, 0.3) is 5.91 Å². The van der Waals surface area contributed by atoms with Crippen LogP contribution in [0.5, 0.6) is 0 Å². The molecule has 0 radical (unpaired) electrons. The van der Waals surface area contributed by atoms with Crippen LogP contribution < -0.4 is 0 Å². The number of hydrogen-bond acceptors (Lipinski definition) is 3. The van der Waals surface area contributed by atoms with Crippen molar-refractivity contribution in [2.75, 3.05) is 26.2 Å². The average Bonchev–Trinajstić information content (AvgIpc) is 3.24. The second-order valence-corrected chi connectivity index (χ2v) is 7.97. The minimum absolute atomic E-state index is 0.0351. The van der Waals surface area contributed by atoms with Gasteiger partial charge >= 0.3 is 0 Å². The van der Waals surface area contributed by atoms with Crippen LogP contribution in [-0.4, -0.2) is 41.9 Å². The number of likely N-dealkylation sites (tertiary alicyclic amines) is 2. The zero-order valence-corrected chi connectivity index (χ0v) is 15.5.